The van der Waals surface area contributed by atoms with E-state index in [2.05, 4.69) is 48.0 Å². The standard InChI is InChI=1S/C12H23N5/c1-6-9-10(16-13)14-8-15-11(9)17(5)7-12(2,3)4/h8H,6-7,13H2,1-5H3,(H,14,15,16). The van der Waals surface area contributed by atoms with E-state index >= 15 is 0 Å². The van der Waals surface area contributed by atoms with Crippen LogP contribution in [-0.2, 0) is 6.42 Å². The van der Waals surface area contributed by atoms with E-state index in [1.54, 1.807) is 6.33 Å². The Labute approximate surface area is 103 Å². The summed E-state index contributed by atoms with van der Waals surface area (Å²) in [6, 6.07) is 0. The van der Waals surface area contributed by atoms with Crippen molar-refractivity contribution >= 4 is 11.6 Å². The molecule has 96 valence electrons. The van der Waals surface area contributed by atoms with E-state index in [4.69, 9.17) is 5.84 Å². The van der Waals surface area contributed by atoms with Crippen molar-refractivity contribution in [2.24, 2.45) is 11.3 Å². The Kier molecular flexibility index (Phi) is 4.28. The van der Waals surface area contributed by atoms with Crippen LogP contribution in [0.4, 0.5) is 11.6 Å². The molecule has 1 aromatic heterocycles. The van der Waals surface area contributed by atoms with Crippen LogP contribution in [0.15, 0.2) is 6.33 Å². The number of nitrogens with two attached hydrogens (primary N) is 1. The predicted octanol–water partition coefficient (Wildman–Crippen LogP) is 1.81. The van der Waals surface area contributed by atoms with Crippen molar-refractivity contribution in [3.63, 3.8) is 0 Å². The van der Waals surface area contributed by atoms with Crippen molar-refractivity contribution in [3.05, 3.63) is 11.9 Å². The highest BCUT2D eigenvalue weighted by molar-refractivity contribution is 5.58. The molecule has 0 aliphatic heterocycles. The second-order valence-corrected chi connectivity index (χ2v) is 5.44. The number of rotatable bonds is 4. The Morgan fingerprint density at radius 2 is 2.00 bits per heavy atom. The van der Waals surface area contributed by atoms with Gasteiger partial charge in [-0.1, -0.05) is 27.7 Å². The summed E-state index contributed by atoms with van der Waals surface area (Å²) in [5.74, 6) is 7.12. The zero-order valence-corrected chi connectivity index (χ0v) is 11.4. The average Bonchev–Trinajstić information content (AvgIpc) is 2.25. The molecule has 0 aliphatic carbocycles. The van der Waals surface area contributed by atoms with Gasteiger partial charge in [0.25, 0.3) is 0 Å². The molecule has 5 nitrogen and oxygen atoms in total. The molecule has 0 unspecified atom stereocenters. The zero-order valence-electron chi connectivity index (χ0n) is 11.4. The Morgan fingerprint density at radius 1 is 1.35 bits per heavy atom. The number of aromatic nitrogens is 2. The van der Waals surface area contributed by atoms with Gasteiger partial charge in [-0.15, -0.1) is 0 Å². The first kappa shape index (κ1) is 13.7. The topological polar surface area (TPSA) is 67.1 Å². The number of hydrogen-bond acceptors (Lipinski definition) is 5. The van der Waals surface area contributed by atoms with E-state index in [1.807, 2.05) is 7.05 Å². The summed E-state index contributed by atoms with van der Waals surface area (Å²) in [5, 5.41) is 0. The van der Waals surface area contributed by atoms with Crippen molar-refractivity contribution in [3.8, 4) is 0 Å². The van der Waals surface area contributed by atoms with E-state index in [9.17, 15) is 0 Å². The van der Waals surface area contributed by atoms with Crippen molar-refractivity contribution in [1.82, 2.24) is 9.97 Å². The molecule has 1 heterocycles. The van der Waals surface area contributed by atoms with Crippen molar-refractivity contribution < 1.29 is 0 Å². The fraction of sp³-hybridized carbons (Fsp3) is 0.667. The fourth-order valence-corrected chi connectivity index (χ4v) is 1.97. The number of anilines is 2. The van der Waals surface area contributed by atoms with Gasteiger partial charge in [0.15, 0.2) is 0 Å². The van der Waals surface area contributed by atoms with Gasteiger partial charge >= 0.3 is 0 Å². The van der Waals surface area contributed by atoms with Gasteiger partial charge in [-0.2, -0.15) is 0 Å². The van der Waals surface area contributed by atoms with Crippen LogP contribution in [0.3, 0.4) is 0 Å². The van der Waals surface area contributed by atoms with Gasteiger partial charge in [0, 0.05) is 19.2 Å². The molecule has 0 amide bonds. The maximum Gasteiger partial charge on any atom is 0.148 e. The lowest BCUT2D eigenvalue weighted by Gasteiger charge is -2.29. The number of hydrazine groups is 1. The van der Waals surface area contributed by atoms with Crippen LogP contribution < -0.4 is 16.2 Å². The maximum atomic E-state index is 5.46. The molecule has 0 bridgehead atoms. The van der Waals surface area contributed by atoms with Crippen LogP contribution in [0, 0.1) is 5.41 Å². The molecule has 0 fully saturated rings. The third kappa shape index (κ3) is 3.56. The lowest BCUT2D eigenvalue weighted by Crippen LogP contribution is -2.31. The first-order valence-electron chi connectivity index (χ1n) is 5.90. The van der Waals surface area contributed by atoms with Crippen molar-refractivity contribution in [2.75, 3.05) is 23.9 Å². The summed E-state index contributed by atoms with van der Waals surface area (Å²) in [6.07, 6.45) is 2.40. The number of hydrogen-bond donors (Lipinski definition) is 2. The molecular weight excluding hydrogens is 214 g/mol. The van der Waals surface area contributed by atoms with E-state index in [0.29, 0.717) is 5.82 Å². The summed E-state index contributed by atoms with van der Waals surface area (Å²) < 4.78 is 0. The average molecular weight is 237 g/mol. The zero-order chi connectivity index (χ0) is 13.1. The summed E-state index contributed by atoms with van der Waals surface area (Å²) in [6.45, 7) is 9.63. The second kappa shape index (κ2) is 5.31. The van der Waals surface area contributed by atoms with Crippen LogP contribution in [0.5, 0.6) is 0 Å². The van der Waals surface area contributed by atoms with Crippen LogP contribution in [0.25, 0.3) is 0 Å². The highest BCUT2D eigenvalue weighted by Crippen LogP contribution is 2.25. The van der Waals surface area contributed by atoms with Crippen LogP contribution in [0.2, 0.25) is 0 Å². The highest BCUT2D eigenvalue weighted by atomic mass is 15.3. The normalized spacial score (nSPS) is 11.4. The number of nitrogen functional groups attached to an aromatic ring is 1. The minimum Gasteiger partial charge on any atom is -0.359 e. The minimum absolute atomic E-state index is 0.223. The summed E-state index contributed by atoms with van der Waals surface area (Å²) >= 11 is 0. The molecule has 0 aliphatic rings. The molecule has 0 saturated carbocycles. The molecule has 0 atom stereocenters. The molecule has 1 aromatic rings. The van der Waals surface area contributed by atoms with Gasteiger partial charge in [-0.05, 0) is 11.8 Å². The Balaban J connectivity index is 3.04. The molecule has 3 N–H and O–H groups in total. The van der Waals surface area contributed by atoms with Crippen LogP contribution in [-0.4, -0.2) is 23.6 Å². The van der Waals surface area contributed by atoms with E-state index in [-0.39, 0.29) is 5.41 Å². The molecule has 5 heteroatoms. The van der Waals surface area contributed by atoms with E-state index < -0.39 is 0 Å². The minimum atomic E-state index is 0.223. The van der Waals surface area contributed by atoms with E-state index in [1.165, 1.54) is 0 Å². The molecule has 0 aromatic carbocycles. The molecule has 1 rings (SSSR count). The smallest absolute Gasteiger partial charge is 0.148 e. The first-order chi connectivity index (χ1) is 7.89. The van der Waals surface area contributed by atoms with Crippen molar-refractivity contribution in [2.45, 2.75) is 34.1 Å². The quantitative estimate of drug-likeness (QED) is 0.617. The molecule has 0 radical (unpaired) electrons. The lowest BCUT2D eigenvalue weighted by molar-refractivity contribution is 0.417. The lowest BCUT2D eigenvalue weighted by atomic mass is 9.96. The fourth-order valence-electron chi connectivity index (χ4n) is 1.97. The SMILES string of the molecule is CCc1c(NN)ncnc1N(C)CC(C)(C)C. The monoisotopic (exact) mass is 237 g/mol. The van der Waals surface area contributed by atoms with Crippen LogP contribution >= 0.6 is 0 Å². The van der Waals surface area contributed by atoms with E-state index in [0.717, 1.165) is 24.3 Å². The molecule has 0 saturated heterocycles. The predicted molar refractivity (Wildman–Crippen MR) is 71.9 cm³/mol. The summed E-state index contributed by atoms with van der Waals surface area (Å²) in [5.41, 5.74) is 3.91. The Hall–Kier alpha value is -1.36. The Morgan fingerprint density at radius 3 is 2.47 bits per heavy atom. The number of nitrogens with one attached hydrogen (secondary N) is 1. The second-order valence-electron chi connectivity index (χ2n) is 5.44. The number of nitrogens with zero attached hydrogens (tertiary/aromatic N) is 3. The van der Waals surface area contributed by atoms with Gasteiger partial charge in [-0.3, -0.25) is 0 Å². The summed E-state index contributed by atoms with van der Waals surface area (Å²) in [4.78, 5) is 10.6. The summed E-state index contributed by atoms with van der Waals surface area (Å²) in [7, 11) is 2.05. The highest BCUT2D eigenvalue weighted by Gasteiger charge is 2.18. The van der Waals surface area contributed by atoms with Gasteiger partial charge in [0.1, 0.15) is 18.0 Å². The third-order valence-corrected chi connectivity index (χ3v) is 2.49. The largest absolute Gasteiger partial charge is 0.359 e. The first-order valence-corrected chi connectivity index (χ1v) is 5.90. The maximum absolute atomic E-state index is 5.46. The molecule has 17 heavy (non-hydrogen) atoms. The van der Waals surface area contributed by atoms with Crippen LogP contribution in [0.1, 0.15) is 33.3 Å². The van der Waals surface area contributed by atoms with Gasteiger partial charge < -0.3 is 10.3 Å². The van der Waals surface area contributed by atoms with Crippen molar-refractivity contribution in [1.29, 1.82) is 0 Å². The van der Waals surface area contributed by atoms with Gasteiger partial charge in [0.2, 0.25) is 0 Å². The molecule has 0 spiro atoms. The Bertz CT molecular complexity index is 370. The molecular formula is C12H23N5. The van der Waals surface area contributed by atoms with Gasteiger partial charge in [0.05, 0.1) is 0 Å². The third-order valence-electron chi connectivity index (χ3n) is 2.49. The van der Waals surface area contributed by atoms with Gasteiger partial charge in [-0.25, -0.2) is 15.8 Å².